The van der Waals surface area contributed by atoms with Crippen molar-refractivity contribution in [3.05, 3.63) is 34.2 Å². The van der Waals surface area contributed by atoms with Crippen LogP contribution in [-0.2, 0) is 9.53 Å². The zero-order chi connectivity index (χ0) is 14.1. The second kappa shape index (κ2) is 8.04. The molecule has 0 saturated heterocycles. The molecule has 0 spiro atoms. The highest BCUT2D eigenvalue weighted by atomic mass is 16.5. The number of aromatic amines is 1. The van der Waals surface area contributed by atoms with Gasteiger partial charge in [-0.25, -0.2) is 0 Å². The molecule has 0 unspecified atom stereocenters. The summed E-state index contributed by atoms with van der Waals surface area (Å²) in [5.41, 5.74) is -0.0755. The van der Waals surface area contributed by atoms with Crippen molar-refractivity contribution in [2.75, 3.05) is 26.8 Å². The average molecular weight is 267 g/mol. The Kier molecular flexibility index (Phi) is 6.31. The maximum absolute atomic E-state index is 11.6. The summed E-state index contributed by atoms with van der Waals surface area (Å²) in [6.45, 7) is 1.10. The number of nitrogens with one attached hydrogen (secondary N) is 3. The van der Waals surface area contributed by atoms with Crippen LogP contribution < -0.4 is 16.2 Å². The Labute approximate surface area is 110 Å². The zero-order valence-corrected chi connectivity index (χ0v) is 10.7. The zero-order valence-electron chi connectivity index (χ0n) is 10.7. The van der Waals surface area contributed by atoms with E-state index in [1.807, 2.05) is 0 Å². The predicted octanol–water partition coefficient (Wildman–Crippen LogP) is -0.743. The van der Waals surface area contributed by atoms with E-state index in [-0.39, 0.29) is 35.9 Å². The maximum Gasteiger partial charge on any atom is 0.251 e. The molecule has 0 fully saturated rings. The molecule has 0 saturated carbocycles. The van der Waals surface area contributed by atoms with Crippen molar-refractivity contribution in [3.63, 3.8) is 0 Å². The van der Waals surface area contributed by atoms with Crippen LogP contribution in [0, 0.1) is 0 Å². The van der Waals surface area contributed by atoms with Crippen LogP contribution in [0.1, 0.15) is 16.8 Å². The molecule has 2 amide bonds. The summed E-state index contributed by atoms with van der Waals surface area (Å²) >= 11 is 0. The van der Waals surface area contributed by atoms with Crippen molar-refractivity contribution in [1.29, 1.82) is 0 Å². The maximum atomic E-state index is 11.6. The summed E-state index contributed by atoms with van der Waals surface area (Å²) in [4.78, 5) is 36.4. The monoisotopic (exact) mass is 267 g/mol. The minimum absolute atomic E-state index is 0.164. The van der Waals surface area contributed by atoms with Crippen LogP contribution in [0.25, 0.3) is 0 Å². The van der Waals surface area contributed by atoms with Crippen LogP contribution >= 0.6 is 0 Å². The third kappa shape index (κ3) is 5.82. The molecule has 0 radical (unpaired) electrons. The van der Waals surface area contributed by atoms with Gasteiger partial charge < -0.3 is 20.4 Å². The van der Waals surface area contributed by atoms with Gasteiger partial charge in [0.15, 0.2) is 0 Å². The molecule has 0 atom stereocenters. The number of hydrogen-bond donors (Lipinski definition) is 3. The van der Waals surface area contributed by atoms with Gasteiger partial charge in [-0.3, -0.25) is 14.4 Å². The van der Waals surface area contributed by atoms with Gasteiger partial charge in [0.25, 0.3) is 5.91 Å². The molecule has 104 valence electrons. The quantitative estimate of drug-likeness (QED) is 0.566. The van der Waals surface area contributed by atoms with E-state index in [1.54, 1.807) is 7.11 Å². The van der Waals surface area contributed by atoms with Gasteiger partial charge in [-0.15, -0.1) is 0 Å². The van der Waals surface area contributed by atoms with E-state index in [0.29, 0.717) is 13.2 Å². The van der Waals surface area contributed by atoms with Crippen molar-refractivity contribution in [1.82, 2.24) is 15.6 Å². The van der Waals surface area contributed by atoms with E-state index >= 15 is 0 Å². The standard InChI is InChI=1S/C12H17N3O4/c1-19-7-6-14-10(16)3-5-15-12(18)9-2-4-13-11(17)8-9/h2,4,8H,3,5-7H2,1H3,(H,13,17)(H,14,16)(H,15,18). The molecule has 1 heterocycles. The van der Waals surface area contributed by atoms with E-state index < -0.39 is 0 Å². The fourth-order valence-corrected chi connectivity index (χ4v) is 1.36. The van der Waals surface area contributed by atoms with E-state index in [1.165, 1.54) is 18.3 Å². The molecule has 0 aromatic carbocycles. The Hall–Kier alpha value is -2.15. The summed E-state index contributed by atoms with van der Waals surface area (Å²) in [5, 5.41) is 5.20. The first-order chi connectivity index (χ1) is 9.13. The normalized spacial score (nSPS) is 9.95. The third-order valence-corrected chi connectivity index (χ3v) is 2.30. The molecule has 19 heavy (non-hydrogen) atoms. The summed E-state index contributed by atoms with van der Waals surface area (Å²) in [6, 6.07) is 2.70. The number of pyridine rings is 1. The van der Waals surface area contributed by atoms with Gasteiger partial charge in [0.05, 0.1) is 6.61 Å². The minimum atomic E-state index is -0.379. The highest BCUT2D eigenvalue weighted by Crippen LogP contribution is 1.92. The number of H-pyrrole nitrogens is 1. The average Bonchev–Trinajstić information content (AvgIpc) is 2.39. The molecular formula is C12H17N3O4. The van der Waals surface area contributed by atoms with E-state index in [4.69, 9.17) is 4.74 Å². The van der Waals surface area contributed by atoms with E-state index in [2.05, 4.69) is 15.6 Å². The minimum Gasteiger partial charge on any atom is -0.383 e. The van der Waals surface area contributed by atoms with Crippen molar-refractivity contribution < 1.29 is 14.3 Å². The summed E-state index contributed by atoms with van der Waals surface area (Å²) in [5.74, 6) is -0.543. The lowest BCUT2D eigenvalue weighted by molar-refractivity contribution is -0.121. The SMILES string of the molecule is COCCNC(=O)CCNC(=O)c1cc[nH]c(=O)c1. The molecule has 0 aliphatic carbocycles. The van der Waals surface area contributed by atoms with Gasteiger partial charge >= 0.3 is 0 Å². The van der Waals surface area contributed by atoms with Gasteiger partial charge in [0, 0.05) is 44.4 Å². The lowest BCUT2D eigenvalue weighted by Gasteiger charge is -2.06. The van der Waals surface area contributed by atoms with Gasteiger partial charge in [-0.2, -0.15) is 0 Å². The van der Waals surface area contributed by atoms with Crippen molar-refractivity contribution in [2.24, 2.45) is 0 Å². The van der Waals surface area contributed by atoms with Crippen LogP contribution in [0.3, 0.4) is 0 Å². The lowest BCUT2D eigenvalue weighted by Crippen LogP contribution is -2.32. The third-order valence-electron chi connectivity index (χ3n) is 2.30. The van der Waals surface area contributed by atoms with Crippen LogP contribution in [0.15, 0.2) is 23.1 Å². The molecule has 0 aliphatic heterocycles. The first-order valence-electron chi connectivity index (χ1n) is 5.86. The second-order valence-electron chi connectivity index (χ2n) is 3.79. The number of amides is 2. The molecule has 0 aliphatic rings. The number of aromatic nitrogens is 1. The molecule has 1 aromatic rings. The van der Waals surface area contributed by atoms with Crippen LogP contribution in [0.5, 0.6) is 0 Å². The molecule has 1 aromatic heterocycles. The predicted molar refractivity (Wildman–Crippen MR) is 68.9 cm³/mol. The number of rotatable bonds is 7. The number of carbonyl (C=O) groups excluding carboxylic acids is 2. The number of carbonyl (C=O) groups is 2. The van der Waals surface area contributed by atoms with Crippen molar-refractivity contribution in [3.8, 4) is 0 Å². The first-order valence-corrected chi connectivity index (χ1v) is 5.86. The summed E-state index contributed by atoms with van der Waals surface area (Å²) in [6.07, 6.45) is 1.58. The van der Waals surface area contributed by atoms with E-state index in [0.717, 1.165) is 0 Å². The van der Waals surface area contributed by atoms with Gasteiger partial charge in [0.1, 0.15) is 0 Å². The topological polar surface area (TPSA) is 100 Å². The van der Waals surface area contributed by atoms with Crippen LogP contribution in [0.4, 0.5) is 0 Å². The lowest BCUT2D eigenvalue weighted by atomic mass is 10.2. The summed E-state index contributed by atoms with van der Waals surface area (Å²) < 4.78 is 4.79. The number of ether oxygens (including phenoxy) is 1. The molecule has 3 N–H and O–H groups in total. The Morgan fingerprint density at radius 1 is 1.32 bits per heavy atom. The van der Waals surface area contributed by atoms with Crippen molar-refractivity contribution in [2.45, 2.75) is 6.42 Å². The van der Waals surface area contributed by atoms with Crippen molar-refractivity contribution >= 4 is 11.8 Å². The fourth-order valence-electron chi connectivity index (χ4n) is 1.36. The highest BCUT2D eigenvalue weighted by molar-refractivity contribution is 5.94. The number of hydrogen-bond acceptors (Lipinski definition) is 4. The first kappa shape index (κ1) is 14.9. The van der Waals surface area contributed by atoms with Gasteiger partial charge in [-0.1, -0.05) is 0 Å². The Morgan fingerprint density at radius 2 is 2.11 bits per heavy atom. The Balaban J connectivity index is 2.27. The summed E-state index contributed by atoms with van der Waals surface area (Å²) in [7, 11) is 1.55. The van der Waals surface area contributed by atoms with E-state index in [9.17, 15) is 14.4 Å². The molecular weight excluding hydrogens is 250 g/mol. The van der Waals surface area contributed by atoms with Gasteiger partial charge in [0.2, 0.25) is 11.5 Å². The molecule has 0 bridgehead atoms. The molecule has 7 nitrogen and oxygen atoms in total. The molecule has 7 heteroatoms. The Morgan fingerprint density at radius 3 is 2.79 bits per heavy atom. The Bertz CT molecular complexity index is 484. The smallest absolute Gasteiger partial charge is 0.251 e. The van der Waals surface area contributed by atoms with Gasteiger partial charge in [-0.05, 0) is 6.07 Å². The number of methoxy groups -OCH3 is 1. The fraction of sp³-hybridized carbons (Fsp3) is 0.417. The largest absolute Gasteiger partial charge is 0.383 e. The van der Waals surface area contributed by atoms with Crippen LogP contribution in [-0.4, -0.2) is 43.6 Å². The molecule has 1 rings (SSSR count). The van der Waals surface area contributed by atoms with Crippen LogP contribution in [0.2, 0.25) is 0 Å². The highest BCUT2D eigenvalue weighted by Gasteiger charge is 2.06. The second-order valence-corrected chi connectivity index (χ2v) is 3.79.